The van der Waals surface area contributed by atoms with Crippen LogP contribution in [0, 0.1) is 0 Å². The van der Waals surface area contributed by atoms with Crippen LogP contribution in [-0.4, -0.2) is 44.7 Å². The van der Waals surface area contributed by atoms with Crippen LogP contribution in [0.2, 0.25) is 10.0 Å². The third kappa shape index (κ3) is 3.77. The highest BCUT2D eigenvalue weighted by atomic mass is 35.5. The number of aliphatic carboxylic acids is 1. The number of aromatic carboxylic acids is 1. The van der Waals surface area contributed by atoms with Crippen molar-refractivity contribution in [2.45, 2.75) is 37.3 Å². The Hall–Kier alpha value is -3.33. The lowest BCUT2D eigenvalue weighted by atomic mass is 9.94. The number of anilines is 1. The molecule has 10 heteroatoms. The van der Waals surface area contributed by atoms with Crippen molar-refractivity contribution in [3.8, 4) is 0 Å². The number of nitrogens with zero attached hydrogens (tertiary/aromatic N) is 2. The quantitative estimate of drug-likeness (QED) is 0.402. The van der Waals surface area contributed by atoms with E-state index in [9.17, 15) is 24.6 Å². The number of fused-ring (bicyclic) bond motifs is 1. The van der Waals surface area contributed by atoms with Crippen molar-refractivity contribution in [3.05, 3.63) is 69.3 Å². The molecule has 1 saturated heterocycles. The standard InChI is InChI=1S/C26H23Cl2N3O5/c27-15-12-18(28)21-17(11-14-8-10-30(23(14)32)16-5-2-1-3-6-16)22(24(33)34)31(19(21)13-15)20-7-4-9-26(20,29)25(35)36/h1-3,5-6,11-13,20H,4,7-10,29H2,(H,33,34)(H,35,36)/b14-11+. The van der Waals surface area contributed by atoms with Crippen molar-refractivity contribution < 1.29 is 24.6 Å². The molecule has 1 amide bonds. The van der Waals surface area contributed by atoms with E-state index < -0.39 is 23.5 Å². The molecule has 1 aliphatic heterocycles. The van der Waals surface area contributed by atoms with Gasteiger partial charge in [0.25, 0.3) is 5.91 Å². The van der Waals surface area contributed by atoms with E-state index in [4.69, 9.17) is 28.9 Å². The van der Waals surface area contributed by atoms with Gasteiger partial charge >= 0.3 is 11.9 Å². The fourth-order valence-electron chi connectivity index (χ4n) is 5.47. The minimum Gasteiger partial charge on any atom is -0.480 e. The lowest BCUT2D eigenvalue weighted by molar-refractivity contribution is -0.144. The number of carboxylic acids is 2. The lowest BCUT2D eigenvalue weighted by Gasteiger charge is -2.29. The van der Waals surface area contributed by atoms with E-state index in [1.54, 1.807) is 17.0 Å². The number of carbonyl (C=O) groups excluding carboxylic acids is 1. The minimum atomic E-state index is -1.66. The molecule has 5 rings (SSSR count). The fraction of sp³-hybridized carbons (Fsp3) is 0.269. The molecule has 2 fully saturated rings. The topological polar surface area (TPSA) is 126 Å². The van der Waals surface area contributed by atoms with Gasteiger partial charge in [0, 0.05) is 33.8 Å². The predicted molar refractivity (Wildman–Crippen MR) is 138 cm³/mol. The molecule has 186 valence electrons. The third-order valence-corrected chi connectivity index (χ3v) is 7.66. The Labute approximate surface area is 216 Å². The molecular weight excluding hydrogens is 505 g/mol. The Balaban J connectivity index is 1.74. The van der Waals surface area contributed by atoms with Gasteiger partial charge in [-0.3, -0.25) is 9.59 Å². The van der Waals surface area contributed by atoms with Crippen LogP contribution in [0.1, 0.15) is 47.8 Å². The van der Waals surface area contributed by atoms with Crippen LogP contribution in [0.4, 0.5) is 5.69 Å². The number of hydrogen-bond donors (Lipinski definition) is 3. The number of nitrogens with two attached hydrogens (primary N) is 1. The first kappa shape index (κ1) is 24.4. The van der Waals surface area contributed by atoms with Crippen LogP contribution >= 0.6 is 23.2 Å². The van der Waals surface area contributed by atoms with Crippen molar-refractivity contribution in [2.75, 3.05) is 11.4 Å². The van der Waals surface area contributed by atoms with Gasteiger partial charge in [0.1, 0.15) is 11.2 Å². The van der Waals surface area contributed by atoms with E-state index in [1.807, 2.05) is 30.3 Å². The van der Waals surface area contributed by atoms with E-state index in [2.05, 4.69) is 0 Å². The zero-order valence-electron chi connectivity index (χ0n) is 19.1. The van der Waals surface area contributed by atoms with Gasteiger partial charge in [0.15, 0.2) is 0 Å². The first-order valence-electron chi connectivity index (χ1n) is 11.5. The van der Waals surface area contributed by atoms with E-state index in [0.717, 1.165) is 5.69 Å². The SMILES string of the molecule is NC1(C(=O)O)CCCC1n1c(C(=O)O)c(/C=C2\CCN(c3ccccc3)C2=O)c2c(Cl)cc(Cl)cc21. The summed E-state index contributed by atoms with van der Waals surface area (Å²) in [7, 11) is 0. The van der Waals surface area contributed by atoms with Gasteiger partial charge < -0.3 is 25.4 Å². The van der Waals surface area contributed by atoms with Gasteiger partial charge in [-0.05, 0) is 56.0 Å². The molecule has 1 aliphatic carbocycles. The van der Waals surface area contributed by atoms with Crippen LogP contribution in [0.5, 0.6) is 0 Å². The minimum absolute atomic E-state index is 0.171. The monoisotopic (exact) mass is 527 g/mol. The molecular formula is C26H23Cl2N3O5. The van der Waals surface area contributed by atoms with Gasteiger partial charge in [-0.25, -0.2) is 4.79 Å². The fourth-order valence-corrected chi connectivity index (χ4v) is 6.05. The highest BCUT2D eigenvalue weighted by Gasteiger charge is 2.49. The normalized spacial score (nSPS) is 23.2. The number of amides is 1. The maximum atomic E-state index is 13.3. The second kappa shape index (κ2) is 8.96. The van der Waals surface area contributed by atoms with Crippen LogP contribution < -0.4 is 10.6 Å². The van der Waals surface area contributed by atoms with E-state index in [0.29, 0.717) is 42.3 Å². The van der Waals surface area contributed by atoms with Gasteiger partial charge in [-0.15, -0.1) is 0 Å². The van der Waals surface area contributed by atoms with Gasteiger partial charge in [0.2, 0.25) is 0 Å². The summed E-state index contributed by atoms with van der Waals surface area (Å²) in [6.07, 6.45) is 3.04. The van der Waals surface area contributed by atoms with Gasteiger partial charge in [-0.2, -0.15) is 0 Å². The van der Waals surface area contributed by atoms with E-state index in [1.165, 1.54) is 10.6 Å². The molecule has 1 aromatic heterocycles. The molecule has 4 N–H and O–H groups in total. The molecule has 2 aliphatic rings. The number of carbonyl (C=O) groups is 3. The van der Waals surface area contributed by atoms with Crippen molar-refractivity contribution in [2.24, 2.45) is 5.73 Å². The zero-order chi connectivity index (χ0) is 25.8. The van der Waals surface area contributed by atoms with Crippen molar-refractivity contribution in [1.82, 2.24) is 4.57 Å². The van der Waals surface area contributed by atoms with E-state index >= 15 is 0 Å². The van der Waals surface area contributed by atoms with Crippen LogP contribution in [0.3, 0.4) is 0 Å². The number of para-hydroxylation sites is 1. The highest BCUT2D eigenvalue weighted by Crippen LogP contribution is 2.45. The number of carboxylic acid groups (broad SMARTS) is 2. The van der Waals surface area contributed by atoms with E-state index in [-0.39, 0.29) is 33.6 Å². The summed E-state index contributed by atoms with van der Waals surface area (Å²) in [6.45, 7) is 0.447. The van der Waals surface area contributed by atoms with Crippen molar-refractivity contribution in [3.63, 3.8) is 0 Å². The van der Waals surface area contributed by atoms with Gasteiger partial charge in [-0.1, -0.05) is 41.4 Å². The number of hydrogen-bond acceptors (Lipinski definition) is 4. The van der Waals surface area contributed by atoms with Crippen LogP contribution in [0.25, 0.3) is 17.0 Å². The molecule has 2 atom stereocenters. The second-order valence-corrected chi connectivity index (χ2v) is 10.0. The average Bonchev–Trinajstić information content (AvgIpc) is 3.49. The third-order valence-electron chi connectivity index (χ3n) is 7.15. The number of benzene rings is 2. The van der Waals surface area contributed by atoms with Crippen LogP contribution in [0.15, 0.2) is 48.0 Å². The Morgan fingerprint density at radius 1 is 1.14 bits per heavy atom. The summed E-state index contributed by atoms with van der Waals surface area (Å²) in [5, 5.41) is 21.1. The summed E-state index contributed by atoms with van der Waals surface area (Å²) < 4.78 is 1.44. The molecule has 8 nitrogen and oxygen atoms in total. The smallest absolute Gasteiger partial charge is 0.353 e. The summed E-state index contributed by atoms with van der Waals surface area (Å²) in [4.78, 5) is 39.7. The van der Waals surface area contributed by atoms with Crippen LogP contribution in [-0.2, 0) is 9.59 Å². The largest absolute Gasteiger partial charge is 0.480 e. The molecule has 2 heterocycles. The maximum absolute atomic E-state index is 13.3. The maximum Gasteiger partial charge on any atom is 0.353 e. The Bertz CT molecular complexity index is 1450. The van der Waals surface area contributed by atoms with Gasteiger partial charge in [0.05, 0.1) is 16.6 Å². The highest BCUT2D eigenvalue weighted by molar-refractivity contribution is 6.39. The predicted octanol–water partition coefficient (Wildman–Crippen LogP) is 4.97. The zero-order valence-corrected chi connectivity index (χ0v) is 20.6. The molecule has 2 aromatic carbocycles. The molecule has 36 heavy (non-hydrogen) atoms. The van der Waals surface area contributed by atoms with Crippen molar-refractivity contribution in [1.29, 1.82) is 0 Å². The summed E-state index contributed by atoms with van der Waals surface area (Å²) in [6, 6.07) is 11.4. The average molecular weight is 528 g/mol. The first-order valence-corrected chi connectivity index (χ1v) is 12.2. The Morgan fingerprint density at radius 3 is 2.53 bits per heavy atom. The Kier molecular flexibility index (Phi) is 6.06. The molecule has 2 unspecified atom stereocenters. The summed E-state index contributed by atoms with van der Waals surface area (Å²) >= 11 is 12.9. The number of halogens is 2. The number of aromatic nitrogens is 1. The lowest BCUT2D eigenvalue weighted by Crippen LogP contribution is -2.51. The molecule has 0 bridgehead atoms. The van der Waals surface area contributed by atoms with Crippen molar-refractivity contribution >= 4 is 63.7 Å². The summed E-state index contributed by atoms with van der Waals surface area (Å²) in [5.74, 6) is -2.72. The summed E-state index contributed by atoms with van der Waals surface area (Å²) in [5.41, 5.74) is 6.27. The molecule has 3 aromatic rings. The first-order chi connectivity index (χ1) is 17.1. The number of rotatable bonds is 5. The Morgan fingerprint density at radius 2 is 1.86 bits per heavy atom. The molecule has 1 saturated carbocycles. The second-order valence-electron chi connectivity index (χ2n) is 9.18. The molecule has 0 spiro atoms. The molecule has 0 radical (unpaired) electrons.